The second-order valence-electron chi connectivity index (χ2n) is 3.84. The number of nitrogens with two attached hydrogens (primary N) is 1. The number of benzene rings is 2. The fourth-order valence-corrected chi connectivity index (χ4v) is 1.86. The fraction of sp³-hybridized carbons (Fsp3) is 0. The Kier molecular flexibility index (Phi) is 3.69. The van der Waals surface area contributed by atoms with E-state index in [-0.39, 0.29) is 0 Å². The molecule has 0 saturated carbocycles. The maximum atomic E-state index is 11.1. The van der Waals surface area contributed by atoms with Crippen molar-refractivity contribution in [2.45, 2.75) is 0 Å². The van der Waals surface area contributed by atoms with Crippen LogP contribution in [-0.4, -0.2) is 5.91 Å². The summed E-state index contributed by atoms with van der Waals surface area (Å²) in [5, 5.41) is 12.5. The molecule has 3 N–H and O–H groups in total. The molecule has 0 aliphatic rings. The van der Waals surface area contributed by atoms with Gasteiger partial charge in [-0.1, -0.05) is 23.7 Å². The van der Waals surface area contributed by atoms with E-state index >= 15 is 0 Å². The molecule has 0 heterocycles. The van der Waals surface area contributed by atoms with Crippen LogP contribution in [0.15, 0.2) is 42.5 Å². The molecule has 0 unspecified atom stereocenters. The predicted molar refractivity (Wildman–Crippen MR) is 74.4 cm³/mol. The van der Waals surface area contributed by atoms with Gasteiger partial charge < -0.3 is 11.1 Å². The SMILES string of the molecule is N#Cc1c(Cl)cccc1Nc1cccc(C(N)=O)c1. The number of anilines is 2. The van der Waals surface area contributed by atoms with E-state index in [4.69, 9.17) is 22.6 Å². The van der Waals surface area contributed by atoms with Crippen molar-refractivity contribution in [1.82, 2.24) is 0 Å². The molecule has 2 aromatic rings. The summed E-state index contributed by atoms with van der Waals surface area (Å²) in [5.41, 5.74) is 7.21. The minimum absolute atomic E-state index is 0.355. The minimum atomic E-state index is -0.504. The Labute approximate surface area is 115 Å². The molecule has 0 aliphatic heterocycles. The van der Waals surface area contributed by atoms with Gasteiger partial charge in [-0.3, -0.25) is 4.79 Å². The lowest BCUT2D eigenvalue weighted by Gasteiger charge is -2.09. The molecule has 0 spiro atoms. The van der Waals surface area contributed by atoms with E-state index in [1.54, 1.807) is 42.5 Å². The van der Waals surface area contributed by atoms with E-state index in [1.807, 2.05) is 6.07 Å². The van der Waals surface area contributed by atoms with Gasteiger partial charge >= 0.3 is 0 Å². The summed E-state index contributed by atoms with van der Waals surface area (Å²) in [6.45, 7) is 0. The molecule has 19 heavy (non-hydrogen) atoms. The van der Waals surface area contributed by atoms with Crippen LogP contribution in [0.5, 0.6) is 0 Å². The molecule has 5 heteroatoms. The molecular weight excluding hydrogens is 262 g/mol. The summed E-state index contributed by atoms with van der Waals surface area (Å²) in [5.74, 6) is -0.504. The molecule has 2 rings (SSSR count). The first kappa shape index (κ1) is 12.9. The second kappa shape index (κ2) is 5.42. The van der Waals surface area contributed by atoms with Crippen LogP contribution in [0.25, 0.3) is 0 Å². The van der Waals surface area contributed by atoms with Crippen molar-refractivity contribution >= 4 is 28.9 Å². The van der Waals surface area contributed by atoms with E-state index < -0.39 is 5.91 Å². The Balaban J connectivity index is 2.37. The summed E-state index contributed by atoms with van der Waals surface area (Å²) >= 11 is 5.94. The zero-order valence-corrected chi connectivity index (χ0v) is 10.6. The predicted octanol–water partition coefficient (Wildman–Crippen LogP) is 3.05. The topological polar surface area (TPSA) is 78.9 Å². The van der Waals surface area contributed by atoms with E-state index in [0.29, 0.717) is 27.5 Å². The summed E-state index contributed by atoms with van der Waals surface area (Å²) < 4.78 is 0. The van der Waals surface area contributed by atoms with Crippen molar-refractivity contribution in [3.8, 4) is 6.07 Å². The van der Waals surface area contributed by atoms with Gasteiger partial charge in [0.2, 0.25) is 5.91 Å². The van der Waals surface area contributed by atoms with Gasteiger partial charge in [0.1, 0.15) is 6.07 Å². The van der Waals surface area contributed by atoms with Crippen molar-refractivity contribution in [2.24, 2.45) is 5.73 Å². The van der Waals surface area contributed by atoms with Crippen LogP contribution in [0.3, 0.4) is 0 Å². The minimum Gasteiger partial charge on any atom is -0.366 e. The van der Waals surface area contributed by atoms with Crippen LogP contribution in [0.1, 0.15) is 15.9 Å². The fourth-order valence-electron chi connectivity index (χ4n) is 1.65. The highest BCUT2D eigenvalue weighted by atomic mass is 35.5. The number of hydrogen-bond acceptors (Lipinski definition) is 3. The number of carbonyl (C=O) groups is 1. The van der Waals surface area contributed by atoms with Gasteiger partial charge in [-0.15, -0.1) is 0 Å². The van der Waals surface area contributed by atoms with Crippen LogP contribution < -0.4 is 11.1 Å². The lowest BCUT2D eigenvalue weighted by molar-refractivity contribution is 0.100. The Morgan fingerprint density at radius 1 is 1.26 bits per heavy atom. The normalized spacial score (nSPS) is 9.68. The molecule has 0 aliphatic carbocycles. The van der Waals surface area contributed by atoms with Gasteiger partial charge in [-0.05, 0) is 30.3 Å². The highest BCUT2D eigenvalue weighted by molar-refractivity contribution is 6.32. The van der Waals surface area contributed by atoms with Crippen LogP contribution in [0.2, 0.25) is 5.02 Å². The van der Waals surface area contributed by atoms with E-state index in [9.17, 15) is 4.79 Å². The van der Waals surface area contributed by atoms with Crippen LogP contribution >= 0.6 is 11.6 Å². The van der Waals surface area contributed by atoms with Gasteiger partial charge in [-0.25, -0.2) is 0 Å². The van der Waals surface area contributed by atoms with Crippen LogP contribution in [0, 0.1) is 11.3 Å². The Bertz CT molecular complexity index is 677. The van der Waals surface area contributed by atoms with E-state index in [0.717, 1.165) is 0 Å². The molecular formula is C14H10ClN3O. The number of nitriles is 1. The van der Waals surface area contributed by atoms with Crippen LogP contribution in [0.4, 0.5) is 11.4 Å². The Morgan fingerprint density at radius 2 is 2.00 bits per heavy atom. The van der Waals surface area contributed by atoms with Gasteiger partial charge in [-0.2, -0.15) is 5.26 Å². The third-order valence-electron chi connectivity index (χ3n) is 2.55. The lowest BCUT2D eigenvalue weighted by atomic mass is 10.1. The third-order valence-corrected chi connectivity index (χ3v) is 2.87. The zero-order chi connectivity index (χ0) is 13.8. The van der Waals surface area contributed by atoms with E-state index in [1.165, 1.54) is 0 Å². The molecule has 94 valence electrons. The molecule has 0 fully saturated rings. The first-order valence-corrected chi connectivity index (χ1v) is 5.85. The molecule has 1 amide bonds. The van der Waals surface area contributed by atoms with Gasteiger partial charge in [0.25, 0.3) is 0 Å². The highest BCUT2D eigenvalue weighted by Crippen LogP contribution is 2.26. The number of carbonyl (C=O) groups excluding carboxylic acids is 1. The van der Waals surface area contributed by atoms with Crippen molar-refractivity contribution in [1.29, 1.82) is 5.26 Å². The molecule has 0 radical (unpaired) electrons. The number of rotatable bonds is 3. The molecule has 0 atom stereocenters. The van der Waals surface area contributed by atoms with Crippen molar-refractivity contribution in [3.05, 3.63) is 58.6 Å². The zero-order valence-electron chi connectivity index (χ0n) is 9.85. The maximum absolute atomic E-state index is 11.1. The average molecular weight is 272 g/mol. The van der Waals surface area contributed by atoms with Crippen molar-refractivity contribution in [2.75, 3.05) is 5.32 Å². The largest absolute Gasteiger partial charge is 0.366 e. The van der Waals surface area contributed by atoms with E-state index in [2.05, 4.69) is 5.32 Å². The molecule has 4 nitrogen and oxygen atoms in total. The second-order valence-corrected chi connectivity index (χ2v) is 4.25. The number of nitrogens with one attached hydrogen (secondary N) is 1. The van der Waals surface area contributed by atoms with Gasteiger partial charge in [0.15, 0.2) is 0 Å². The average Bonchev–Trinajstić information content (AvgIpc) is 2.39. The summed E-state index contributed by atoms with van der Waals surface area (Å²) in [6, 6.07) is 13.9. The first-order valence-electron chi connectivity index (χ1n) is 5.47. The molecule has 0 bridgehead atoms. The maximum Gasteiger partial charge on any atom is 0.248 e. The number of hydrogen-bond donors (Lipinski definition) is 2. The summed E-state index contributed by atoms with van der Waals surface area (Å²) in [4.78, 5) is 11.1. The number of amides is 1. The van der Waals surface area contributed by atoms with Crippen LogP contribution in [-0.2, 0) is 0 Å². The smallest absolute Gasteiger partial charge is 0.248 e. The summed E-state index contributed by atoms with van der Waals surface area (Å²) in [7, 11) is 0. The number of primary amides is 1. The van der Waals surface area contributed by atoms with Gasteiger partial charge in [0.05, 0.1) is 16.3 Å². The quantitative estimate of drug-likeness (QED) is 0.900. The lowest BCUT2D eigenvalue weighted by Crippen LogP contribution is -2.10. The Morgan fingerprint density at radius 3 is 2.68 bits per heavy atom. The first-order chi connectivity index (χ1) is 9.11. The standard InChI is InChI=1S/C14H10ClN3O/c15-12-5-2-6-13(11(12)8-16)18-10-4-1-3-9(7-10)14(17)19/h1-7,18H,(H2,17,19). The Hall–Kier alpha value is -2.51. The molecule has 2 aromatic carbocycles. The third kappa shape index (κ3) is 2.84. The van der Waals surface area contributed by atoms with Gasteiger partial charge in [0, 0.05) is 11.3 Å². The highest BCUT2D eigenvalue weighted by Gasteiger charge is 2.07. The number of halogens is 1. The van der Waals surface area contributed by atoms with Crippen molar-refractivity contribution in [3.63, 3.8) is 0 Å². The summed E-state index contributed by atoms with van der Waals surface area (Å²) in [6.07, 6.45) is 0. The number of nitrogens with zero attached hydrogens (tertiary/aromatic N) is 1. The monoisotopic (exact) mass is 271 g/mol. The molecule has 0 saturated heterocycles. The van der Waals surface area contributed by atoms with Crippen molar-refractivity contribution < 1.29 is 4.79 Å². The molecule has 0 aromatic heterocycles.